The first-order valence-electron chi connectivity index (χ1n) is 3.86. The van der Waals surface area contributed by atoms with Gasteiger partial charge in [0.15, 0.2) is 0 Å². The number of nitrogens with zero attached hydrogens (tertiary/aromatic N) is 1. The summed E-state index contributed by atoms with van der Waals surface area (Å²) in [7, 11) is -2.65. The summed E-state index contributed by atoms with van der Waals surface area (Å²) in [4.78, 5) is 13.1. The summed E-state index contributed by atoms with van der Waals surface area (Å²) < 4.78 is 11.0. The second-order valence-electron chi connectivity index (χ2n) is 2.69. The summed E-state index contributed by atoms with van der Waals surface area (Å²) in [5, 5.41) is 1.33. The fraction of sp³-hybridized carbons (Fsp3) is 0. The van der Waals surface area contributed by atoms with Crippen LogP contribution in [0.25, 0.3) is 10.9 Å². The molecule has 0 saturated carbocycles. The lowest BCUT2D eigenvalue weighted by Crippen LogP contribution is -1.99. The molecule has 0 radical (unpaired) electrons. The molecule has 0 fully saturated rings. The summed E-state index contributed by atoms with van der Waals surface area (Å²) in [6.07, 6.45) is 1.62. The molecule has 2 aromatic rings. The fourth-order valence-electron chi connectivity index (χ4n) is 1.28. The van der Waals surface area contributed by atoms with E-state index in [-0.39, 0.29) is 0 Å². The van der Waals surface area contributed by atoms with E-state index >= 15 is 0 Å². The van der Waals surface area contributed by atoms with Crippen LogP contribution in [-0.4, -0.2) is 9.88 Å². The largest absolute Gasteiger partial charge is 0.343 e. The van der Waals surface area contributed by atoms with Crippen LogP contribution in [-0.2, 0) is 4.57 Å². The van der Waals surface area contributed by atoms with Crippen LogP contribution in [0.1, 0.15) is 0 Å². The van der Waals surface area contributed by atoms with E-state index < -0.39 is 8.03 Å². The molecular weight excluding hydrogens is 185 g/mol. The van der Waals surface area contributed by atoms with Gasteiger partial charge in [0.1, 0.15) is 0 Å². The Morgan fingerprint density at radius 2 is 2.00 bits per heavy atom. The monoisotopic (exact) mass is 193 g/mol. The van der Waals surface area contributed by atoms with Crippen molar-refractivity contribution in [3.05, 3.63) is 36.5 Å². The Hall–Kier alpha value is -1.18. The van der Waals surface area contributed by atoms with Gasteiger partial charge in [-0.2, -0.15) is 0 Å². The van der Waals surface area contributed by atoms with Crippen molar-refractivity contribution in [3.63, 3.8) is 0 Å². The highest BCUT2D eigenvalue weighted by Gasteiger charge is 2.04. The van der Waals surface area contributed by atoms with Gasteiger partial charge in [0.05, 0.1) is 10.8 Å². The lowest BCUT2D eigenvalue weighted by molar-refractivity contribution is 0.513. The van der Waals surface area contributed by atoms with E-state index in [1.165, 1.54) is 0 Å². The molecule has 1 heterocycles. The van der Waals surface area contributed by atoms with Gasteiger partial charge in [-0.3, -0.25) is 9.55 Å². The summed E-state index contributed by atoms with van der Waals surface area (Å²) in [5.74, 6) is 0. The van der Waals surface area contributed by atoms with Gasteiger partial charge in [-0.15, -0.1) is 0 Å². The Labute approximate surface area is 75.9 Å². The van der Waals surface area contributed by atoms with Gasteiger partial charge in [-0.1, -0.05) is 18.2 Å². The lowest BCUT2D eigenvalue weighted by atomic mass is 10.2. The van der Waals surface area contributed by atoms with Crippen LogP contribution in [0.2, 0.25) is 0 Å². The van der Waals surface area contributed by atoms with Gasteiger partial charge in [-0.05, 0) is 12.1 Å². The SMILES string of the molecule is O=[PH](O)c1cccc2cccnc12. The van der Waals surface area contributed by atoms with Crippen molar-refractivity contribution in [3.8, 4) is 0 Å². The van der Waals surface area contributed by atoms with Crippen molar-refractivity contribution in [2.45, 2.75) is 0 Å². The zero-order chi connectivity index (χ0) is 9.26. The molecule has 1 aromatic carbocycles. The van der Waals surface area contributed by atoms with E-state index in [1.807, 2.05) is 12.1 Å². The van der Waals surface area contributed by atoms with Gasteiger partial charge in [0, 0.05) is 11.6 Å². The van der Waals surface area contributed by atoms with Crippen molar-refractivity contribution >= 4 is 24.2 Å². The predicted octanol–water partition coefficient (Wildman–Crippen LogP) is 1.33. The minimum Gasteiger partial charge on any atom is -0.343 e. The summed E-state index contributed by atoms with van der Waals surface area (Å²) >= 11 is 0. The highest BCUT2D eigenvalue weighted by molar-refractivity contribution is 7.48. The van der Waals surface area contributed by atoms with Crippen LogP contribution in [0.4, 0.5) is 0 Å². The first-order valence-corrected chi connectivity index (χ1v) is 5.21. The zero-order valence-corrected chi connectivity index (χ0v) is 7.77. The Kier molecular flexibility index (Phi) is 2.13. The fourth-order valence-corrected chi connectivity index (χ4v) is 1.93. The summed E-state index contributed by atoms with van der Waals surface area (Å²) in [6, 6.07) is 8.95. The smallest absolute Gasteiger partial charge is 0.220 e. The van der Waals surface area contributed by atoms with E-state index in [0.29, 0.717) is 10.8 Å². The topological polar surface area (TPSA) is 50.2 Å². The second kappa shape index (κ2) is 3.29. The third-order valence-electron chi connectivity index (χ3n) is 1.86. The first-order chi connectivity index (χ1) is 6.29. The Balaban J connectivity index is 2.83. The summed E-state index contributed by atoms with van der Waals surface area (Å²) in [6.45, 7) is 0. The molecule has 0 bridgehead atoms. The number of benzene rings is 1. The molecule has 66 valence electrons. The maximum absolute atomic E-state index is 11.0. The number of pyridine rings is 1. The van der Waals surface area contributed by atoms with Crippen molar-refractivity contribution < 1.29 is 9.46 Å². The van der Waals surface area contributed by atoms with Crippen LogP contribution < -0.4 is 5.30 Å². The molecule has 4 heteroatoms. The average molecular weight is 193 g/mol. The van der Waals surface area contributed by atoms with Gasteiger partial charge in [0.25, 0.3) is 0 Å². The summed E-state index contributed by atoms with van der Waals surface area (Å²) in [5.41, 5.74) is 0.622. The number of para-hydroxylation sites is 1. The molecule has 0 aliphatic heterocycles. The molecule has 1 N–H and O–H groups in total. The third kappa shape index (κ3) is 1.48. The molecular formula is C9H8NO2P. The molecule has 0 spiro atoms. The Morgan fingerprint density at radius 3 is 2.77 bits per heavy atom. The van der Waals surface area contributed by atoms with Crippen molar-refractivity contribution in [1.82, 2.24) is 4.98 Å². The molecule has 13 heavy (non-hydrogen) atoms. The van der Waals surface area contributed by atoms with E-state index in [1.54, 1.807) is 24.4 Å². The maximum Gasteiger partial charge on any atom is 0.220 e. The van der Waals surface area contributed by atoms with E-state index in [9.17, 15) is 4.57 Å². The molecule has 1 unspecified atom stereocenters. The average Bonchev–Trinajstić information content (AvgIpc) is 2.17. The molecule has 0 amide bonds. The quantitative estimate of drug-likeness (QED) is 0.695. The molecule has 0 aliphatic rings. The van der Waals surface area contributed by atoms with Gasteiger partial charge in [0.2, 0.25) is 8.03 Å². The number of rotatable bonds is 1. The first kappa shape index (κ1) is 8.42. The molecule has 0 saturated heterocycles. The zero-order valence-electron chi connectivity index (χ0n) is 6.77. The van der Waals surface area contributed by atoms with Crippen LogP contribution in [0, 0.1) is 0 Å². The van der Waals surface area contributed by atoms with Crippen molar-refractivity contribution in [1.29, 1.82) is 0 Å². The van der Waals surface area contributed by atoms with Crippen LogP contribution in [0.5, 0.6) is 0 Å². The number of fused-ring (bicyclic) bond motifs is 1. The minimum absolute atomic E-state index is 0.433. The normalized spacial score (nSPS) is 13.0. The van der Waals surface area contributed by atoms with Crippen LogP contribution in [0.15, 0.2) is 36.5 Å². The molecule has 1 atom stereocenters. The standard InChI is InChI=1S/C9H8NO2P/c11-13(12)8-5-1-3-7-4-2-6-10-9(7)8/h1-6,13H,(H,11,12). The number of hydrogen-bond acceptors (Lipinski definition) is 2. The van der Waals surface area contributed by atoms with E-state index in [2.05, 4.69) is 4.98 Å². The van der Waals surface area contributed by atoms with Gasteiger partial charge in [-0.25, -0.2) is 0 Å². The molecule has 1 aromatic heterocycles. The van der Waals surface area contributed by atoms with Crippen LogP contribution >= 0.6 is 8.03 Å². The van der Waals surface area contributed by atoms with E-state index in [4.69, 9.17) is 4.89 Å². The van der Waals surface area contributed by atoms with E-state index in [0.717, 1.165) is 5.39 Å². The second-order valence-corrected chi connectivity index (χ2v) is 3.83. The van der Waals surface area contributed by atoms with Gasteiger partial charge < -0.3 is 4.89 Å². The predicted molar refractivity (Wildman–Crippen MR) is 52.6 cm³/mol. The highest BCUT2D eigenvalue weighted by atomic mass is 31.1. The molecule has 3 nitrogen and oxygen atoms in total. The van der Waals surface area contributed by atoms with Gasteiger partial charge >= 0.3 is 0 Å². The minimum atomic E-state index is -2.65. The number of aromatic nitrogens is 1. The lowest BCUT2D eigenvalue weighted by Gasteiger charge is -2.00. The molecule has 2 rings (SSSR count). The Morgan fingerprint density at radius 1 is 1.23 bits per heavy atom. The Bertz CT molecular complexity index is 465. The van der Waals surface area contributed by atoms with Crippen molar-refractivity contribution in [2.75, 3.05) is 0 Å². The number of hydrogen-bond donors (Lipinski definition) is 1. The molecule has 0 aliphatic carbocycles. The van der Waals surface area contributed by atoms with Crippen molar-refractivity contribution in [2.24, 2.45) is 0 Å². The maximum atomic E-state index is 11.0. The third-order valence-corrected chi connectivity index (χ3v) is 2.73. The van der Waals surface area contributed by atoms with Crippen LogP contribution in [0.3, 0.4) is 0 Å². The highest BCUT2D eigenvalue weighted by Crippen LogP contribution is 2.19.